The molecule has 2 aromatic rings. The van der Waals surface area contributed by atoms with Gasteiger partial charge in [-0.15, -0.1) is 0 Å². The van der Waals surface area contributed by atoms with Crippen LogP contribution in [0.4, 0.5) is 26.3 Å². The minimum absolute atomic E-state index is 0.0801. The average Bonchev–Trinajstić information content (AvgIpc) is 3.07. The van der Waals surface area contributed by atoms with Crippen LogP contribution < -0.4 is 0 Å². The van der Waals surface area contributed by atoms with Crippen molar-refractivity contribution in [2.75, 3.05) is 0 Å². The number of nitriles is 1. The molecule has 0 saturated heterocycles. The summed E-state index contributed by atoms with van der Waals surface area (Å²) in [4.78, 5) is 4.79. The van der Waals surface area contributed by atoms with Gasteiger partial charge in [-0.1, -0.05) is 27.2 Å². The van der Waals surface area contributed by atoms with Crippen LogP contribution in [0.25, 0.3) is 0 Å². The first-order valence-electron chi connectivity index (χ1n) is 8.08. The van der Waals surface area contributed by atoms with Crippen LogP contribution in [-0.2, 0) is 16.6 Å². The summed E-state index contributed by atoms with van der Waals surface area (Å²) in [6, 6.07) is 8.32. The maximum atomic E-state index is 14.0. The maximum absolute atomic E-state index is 14.0. The second-order valence-electron chi connectivity index (χ2n) is 6.50. The van der Waals surface area contributed by atoms with Crippen LogP contribution in [0.1, 0.15) is 34.2 Å². The lowest BCUT2D eigenvalue weighted by molar-refractivity contribution is -0.276. The normalized spacial score (nSPS) is 19.5. The summed E-state index contributed by atoms with van der Waals surface area (Å²) in [7, 11) is 0. The Bertz CT molecular complexity index is 1040. The van der Waals surface area contributed by atoms with E-state index >= 15 is 0 Å². The fraction of sp³-hybridized carbons (Fsp3) is 0.263. The van der Waals surface area contributed by atoms with E-state index in [0.29, 0.717) is 28.8 Å². The second-order valence-corrected chi connectivity index (χ2v) is 7.41. The fourth-order valence-electron chi connectivity index (χ4n) is 3.01. The Morgan fingerprint density at radius 3 is 2.34 bits per heavy atom. The highest BCUT2D eigenvalue weighted by Gasteiger charge is 2.62. The van der Waals surface area contributed by atoms with E-state index in [0.717, 1.165) is 6.07 Å². The molecular weight excluding hydrogens is 466 g/mol. The third-order valence-corrected chi connectivity index (χ3v) is 5.02. The van der Waals surface area contributed by atoms with Crippen molar-refractivity contribution in [3.8, 4) is 6.07 Å². The van der Waals surface area contributed by atoms with Crippen LogP contribution in [0, 0.1) is 18.3 Å². The van der Waals surface area contributed by atoms with E-state index in [1.807, 2.05) is 6.07 Å². The van der Waals surface area contributed by atoms with Gasteiger partial charge in [0.1, 0.15) is 0 Å². The van der Waals surface area contributed by atoms with E-state index in [2.05, 4.69) is 21.1 Å². The fourth-order valence-corrected chi connectivity index (χ4v) is 3.51. The van der Waals surface area contributed by atoms with E-state index in [4.69, 9.17) is 10.1 Å². The Balaban J connectivity index is 2.08. The van der Waals surface area contributed by atoms with Crippen molar-refractivity contribution in [3.05, 3.63) is 68.7 Å². The summed E-state index contributed by atoms with van der Waals surface area (Å²) in [5, 5.41) is 12.5. The Labute approximate surface area is 169 Å². The minimum atomic E-state index is -5.04. The summed E-state index contributed by atoms with van der Waals surface area (Å²) in [6.45, 7) is 1.61. The molecule has 2 aromatic carbocycles. The molecule has 0 aromatic heterocycles. The zero-order valence-corrected chi connectivity index (χ0v) is 16.2. The van der Waals surface area contributed by atoms with Gasteiger partial charge in [0, 0.05) is 16.5 Å². The molecule has 1 unspecified atom stereocenters. The quantitative estimate of drug-likeness (QED) is 0.482. The van der Waals surface area contributed by atoms with E-state index in [1.54, 1.807) is 6.92 Å². The van der Waals surface area contributed by atoms with Crippen LogP contribution in [0.5, 0.6) is 0 Å². The van der Waals surface area contributed by atoms with Crippen molar-refractivity contribution in [1.29, 1.82) is 5.26 Å². The van der Waals surface area contributed by atoms with E-state index < -0.39 is 35.5 Å². The SMILES string of the molecule is Cc1cc(C2=NOC(c3cc(Br)cc(C(F)(F)F)c3)(C(F)(F)F)C2)ccc1C#N. The van der Waals surface area contributed by atoms with Crippen molar-refractivity contribution in [3.63, 3.8) is 0 Å². The predicted molar refractivity (Wildman–Crippen MR) is 95.0 cm³/mol. The number of alkyl halides is 6. The van der Waals surface area contributed by atoms with Gasteiger partial charge in [-0.2, -0.15) is 31.6 Å². The highest BCUT2D eigenvalue weighted by Crippen LogP contribution is 2.50. The summed E-state index contributed by atoms with van der Waals surface area (Å²) in [5.41, 5.74) is -3.93. The molecule has 0 spiro atoms. The molecule has 0 amide bonds. The van der Waals surface area contributed by atoms with Crippen molar-refractivity contribution in [1.82, 2.24) is 0 Å². The van der Waals surface area contributed by atoms with E-state index in [-0.39, 0.29) is 10.2 Å². The summed E-state index contributed by atoms with van der Waals surface area (Å²) < 4.78 is 81.2. The van der Waals surface area contributed by atoms with E-state index in [9.17, 15) is 26.3 Å². The molecule has 0 N–H and O–H groups in total. The molecule has 1 heterocycles. The largest absolute Gasteiger partial charge is 0.435 e. The first-order chi connectivity index (χ1) is 13.4. The Morgan fingerprint density at radius 2 is 1.79 bits per heavy atom. The Morgan fingerprint density at radius 1 is 1.10 bits per heavy atom. The molecule has 1 aliphatic rings. The zero-order chi connectivity index (χ0) is 21.6. The molecule has 3 nitrogen and oxygen atoms in total. The lowest BCUT2D eigenvalue weighted by atomic mass is 9.85. The molecule has 3 rings (SSSR count). The van der Waals surface area contributed by atoms with Gasteiger partial charge in [0.15, 0.2) is 0 Å². The number of hydrogen-bond donors (Lipinski definition) is 0. The lowest BCUT2D eigenvalue weighted by Gasteiger charge is -2.30. The molecule has 0 saturated carbocycles. The highest BCUT2D eigenvalue weighted by molar-refractivity contribution is 9.10. The standard InChI is InChI=1S/C19H11BrF6N2O/c1-10-4-11(2-3-12(10)9-27)16-8-17(29-28-16,19(24,25)26)13-5-14(18(21,22)23)7-15(20)6-13/h2-7H,8H2,1H3. The molecule has 1 aliphatic heterocycles. The molecule has 29 heavy (non-hydrogen) atoms. The van der Waals surface area contributed by atoms with Crippen molar-refractivity contribution >= 4 is 21.6 Å². The lowest BCUT2D eigenvalue weighted by Crippen LogP contribution is -2.43. The molecule has 152 valence electrons. The van der Waals surface area contributed by atoms with Crippen LogP contribution in [0.15, 0.2) is 46.0 Å². The van der Waals surface area contributed by atoms with Gasteiger partial charge in [-0.3, -0.25) is 0 Å². The van der Waals surface area contributed by atoms with Crippen LogP contribution in [0.2, 0.25) is 0 Å². The molecule has 0 radical (unpaired) electrons. The number of oxime groups is 1. The Hall–Kier alpha value is -2.54. The predicted octanol–water partition coefficient (Wildman–Crippen LogP) is 6.23. The summed E-state index contributed by atoms with van der Waals surface area (Å²) in [6.07, 6.45) is -10.7. The first kappa shape index (κ1) is 21.2. The minimum Gasteiger partial charge on any atom is -0.374 e. The van der Waals surface area contributed by atoms with Gasteiger partial charge in [0.05, 0.1) is 22.9 Å². The third-order valence-electron chi connectivity index (χ3n) is 4.56. The van der Waals surface area contributed by atoms with Gasteiger partial charge in [0.25, 0.3) is 5.60 Å². The molecule has 1 atom stereocenters. The monoisotopic (exact) mass is 476 g/mol. The number of benzene rings is 2. The number of nitrogens with zero attached hydrogens (tertiary/aromatic N) is 2. The molecular formula is C19H11BrF6N2O. The summed E-state index contributed by atoms with van der Waals surface area (Å²) >= 11 is 2.84. The van der Waals surface area contributed by atoms with Gasteiger partial charge in [-0.05, 0) is 48.4 Å². The van der Waals surface area contributed by atoms with Crippen molar-refractivity contribution < 1.29 is 31.2 Å². The zero-order valence-electron chi connectivity index (χ0n) is 14.6. The van der Waals surface area contributed by atoms with Gasteiger partial charge in [-0.25, -0.2) is 0 Å². The molecule has 0 bridgehead atoms. The number of rotatable bonds is 2. The van der Waals surface area contributed by atoms with Crippen molar-refractivity contribution in [2.24, 2.45) is 5.16 Å². The number of hydrogen-bond acceptors (Lipinski definition) is 3. The van der Waals surface area contributed by atoms with Crippen LogP contribution >= 0.6 is 15.9 Å². The van der Waals surface area contributed by atoms with E-state index in [1.165, 1.54) is 18.2 Å². The molecule has 0 aliphatic carbocycles. The molecule has 10 heteroatoms. The third kappa shape index (κ3) is 3.83. The topological polar surface area (TPSA) is 45.4 Å². The smallest absolute Gasteiger partial charge is 0.374 e. The summed E-state index contributed by atoms with van der Waals surface area (Å²) in [5.74, 6) is 0. The van der Waals surface area contributed by atoms with Gasteiger partial charge >= 0.3 is 12.4 Å². The number of aryl methyl sites for hydroxylation is 1. The highest BCUT2D eigenvalue weighted by atomic mass is 79.9. The Kier molecular flexibility index (Phi) is 5.15. The first-order valence-corrected chi connectivity index (χ1v) is 8.88. The van der Waals surface area contributed by atoms with Gasteiger partial charge < -0.3 is 4.84 Å². The average molecular weight is 477 g/mol. The van der Waals surface area contributed by atoms with Gasteiger partial charge in [0.2, 0.25) is 0 Å². The van der Waals surface area contributed by atoms with Crippen molar-refractivity contribution in [2.45, 2.75) is 31.3 Å². The molecule has 0 fully saturated rings. The second kappa shape index (κ2) is 7.06. The van der Waals surface area contributed by atoms with Crippen LogP contribution in [-0.4, -0.2) is 11.9 Å². The maximum Gasteiger partial charge on any atom is 0.435 e. The number of halogens is 7. The van der Waals surface area contributed by atoms with Crippen LogP contribution in [0.3, 0.4) is 0 Å².